The van der Waals surface area contributed by atoms with Crippen LogP contribution in [-0.4, -0.2) is 88.1 Å². The normalized spacial score (nSPS) is 16.9. The number of aliphatic carboxylic acids is 1. The van der Waals surface area contributed by atoms with Crippen molar-refractivity contribution < 1.29 is 37.5 Å². The van der Waals surface area contributed by atoms with Gasteiger partial charge >= 0.3 is 5.97 Å². The number of hydrogen-bond donors (Lipinski definition) is 2. The van der Waals surface area contributed by atoms with Crippen molar-refractivity contribution in [3.05, 3.63) is 57.6 Å². The molecule has 3 aromatic rings. The quantitative estimate of drug-likeness (QED) is 0.195. The molecule has 9 nitrogen and oxygen atoms in total. The number of fused-ring (bicyclic) bond motifs is 2. The fourth-order valence-corrected chi connectivity index (χ4v) is 6.46. The molecule has 2 aliphatic rings. The average Bonchev–Trinajstić information content (AvgIpc) is 3.49. The van der Waals surface area contributed by atoms with Crippen molar-refractivity contribution in [3.63, 3.8) is 0 Å². The van der Waals surface area contributed by atoms with Crippen LogP contribution in [0, 0.1) is 17.0 Å². The van der Waals surface area contributed by atoms with E-state index in [-0.39, 0.29) is 25.3 Å². The number of thiazole rings is 1. The number of alkyl halides is 1. The van der Waals surface area contributed by atoms with E-state index in [2.05, 4.69) is 67.8 Å². The summed E-state index contributed by atoms with van der Waals surface area (Å²) in [6.45, 7) is 9.55. The maximum absolute atomic E-state index is 13.8. The molecule has 0 saturated carbocycles. The number of carboxylic acids is 1. The SMILES string of the molecule is CC(C)(C)I.COc1cc2sc(CNC(=O)C3(CC(=O)O)Cc4cc(F)c(F)cc4C3)nc2cc1C(=O)N1CC[N+](C)(C)CC1. The summed E-state index contributed by atoms with van der Waals surface area (Å²) in [4.78, 5) is 44.7. The predicted octanol–water partition coefficient (Wildman–Crippen LogP) is 5.21. The van der Waals surface area contributed by atoms with Crippen LogP contribution in [0.2, 0.25) is 0 Å². The number of carbonyl (C=O) groups excluding carboxylic acids is 2. The zero-order chi connectivity index (χ0) is 33.3. The number of nitrogens with one attached hydrogen (secondary N) is 1. The summed E-state index contributed by atoms with van der Waals surface area (Å²) in [5.74, 6) is -3.44. The summed E-state index contributed by atoms with van der Waals surface area (Å²) in [7, 11) is 5.78. The number of amides is 2. The van der Waals surface area contributed by atoms with E-state index in [4.69, 9.17) is 4.74 Å². The summed E-state index contributed by atoms with van der Waals surface area (Å²) >= 11 is 3.70. The van der Waals surface area contributed by atoms with E-state index in [1.54, 1.807) is 12.1 Å². The summed E-state index contributed by atoms with van der Waals surface area (Å²) in [6.07, 6.45) is -0.495. The van der Waals surface area contributed by atoms with E-state index < -0.39 is 35.3 Å². The Labute approximate surface area is 279 Å². The predicted molar refractivity (Wildman–Crippen MR) is 178 cm³/mol. The van der Waals surface area contributed by atoms with Gasteiger partial charge in [-0.1, -0.05) is 43.4 Å². The van der Waals surface area contributed by atoms with E-state index in [9.17, 15) is 28.3 Å². The van der Waals surface area contributed by atoms with Crippen molar-refractivity contribution in [1.29, 1.82) is 0 Å². The summed E-state index contributed by atoms with van der Waals surface area (Å²) in [5.41, 5.74) is 0.500. The van der Waals surface area contributed by atoms with Gasteiger partial charge in [-0.2, -0.15) is 0 Å². The monoisotopic (exact) mass is 757 g/mol. The number of methoxy groups -OCH3 is 1. The molecule has 2 heterocycles. The molecule has 0 radical (unpaired) electrons. The molecule has 1 saturated heterocycles. The van der Waals surface area contributed by atoms with E-state index in [0.717, 1.165) is 34.4 Å². The Balaban J connectivity index is 0.000000854. The molecule has 13 heteroatoms. The zero-order valence-corrected chi connectivity index (χ0v) is 29.4. The first kappa shape index (κ1) is 35.0. The Morgan fingerprint density at radius 1 is 1.09 bits per heavy atom. The Bertz CT molecular complexity index is 1570. The lowest BCUT2D eigenvalue weighted by atomic mass is 9.80. The Hall–Kier alpha value is -2.91. The van der Waals surface area contributed by atoms with Gasteiger partial charge in [0.25, 0.3) is 5.91 Å². The molecule has 0 spiro atoms. The molecule has 2 N–H and O–H groups in total. The zero-order valence-electron chi connectivity index (χ0n) is 26.4. The molecule has 5 rings (SSSR count). The third-order valence-electron chi connectivity index (χ3n) is 7.89. The molecule has 2 amide bonds. The van der Waals surface area contributed by atoms with Crippen LogP contribution in [0.25, 0.3) is 10.2 Å². The number of nitrogens with zero attached hydrogens (tertiary/aromatic N) is 3. The minimum Gasteiger partial charge on any atom is -0.496 e. The largest absolute Gasteiger partial charge is 0.496 e. The summed E-state index contributed by atoms with van der Waals surface area (Å²) < 4.78 is 35.2. The smallest absolute Gasteiger partial charge is 0.304 e. The van der Waals surface area contributed by atoms with Gasteiger partial charge in [0.15, 0.2) is 11.6 Å². The molecule has 1 aliphatic heterocycles. The highest BCUT2D eigenvalue weighted by molar-refractivity contribution is 14.1. The van der Waals surface area contributed by atoms with Crippen molar-refractivity contribution in [2.75, 3.05) is 47.4 Å². The van der Waals surface area contributed by atoms with E-state index in [1.165, 1.54) is 18.4 Å². The number of rotatable bonds is 7. The molecule has 2 aromatic carbocycles. The number of aromatic nitrogens is 1. The molecule has 45 heavy (non-hydrogen) atoms. The first-order valence-corrected chi connectivity index (χ1v) is 16.5. The van der Waals surface area contributed by atoms with Crippen LogP contribution in [0.1, 0.15) is 53.7 Å². The molecule has 244 valence electrons. The fourth-order valence-electron chi connectivity index (χ4n) is 5.54. The number of piperazine rings is 1. The Kier molecular flexibility index (Phi) is 10.4. The van der Waals surface area contributed by atoms with Gasteiger partial charge < -0.3 is 24.5 Å². The van der Waals surface area contributed by atoms with Gasteiger partial charge in [-0.3, -0.25) is 14.4 Å². The fraction of sp³-hybridized carbons (Fsp3) is 0.500. The third kappa shape index (κ3) is 8.67. The number of halogens is 3. The lowest BCUT2D eigenvalue weighted by Crippen LogP contribution is -2.56. The minimum absolute atomic E-state index is 0.00720. The standard InChI is InChI=1S/C28H30F2N4O5S.C4H9I/c1-34(2)6-4-33(5-7-34)26(37)18-10-21-23(11-22(18)39-3)40-24(32-21)15-31-27(38)28(14-25(35)36)12-16-8-19(29)20(30)9-17(16)13-28;1-4(2,3)5/h8-11H,4-7,12-15H2,1-3H3,(H-,31,35,36,38);1-3H3/p+1. The second-order valence-corrected chi connectivity index (χ2v) is 17.6. The van der Waals surface area contributed by atoms with Gasteiger partial charge in [0, 0.05) is 9.49 Å². The van der Waals surface area contributed by atoms with Crippen LogP contribution in [0.3, 0.4) is 0 Å². The highest BCUT2D eigenvalue weighted by Crippen LogP contribution is 2.41. The number of hydrogen-bond acceptors (Lipinski definition) is 6. The maximum Gasteiger partial charge on any atom is 0.304 e. The van der Waals surface area contributed by atoms with Crippen LogP contribution in [0.5, 0.6) is 5.75 Å². The highest BCUT2D eigenvalue weighted by Gasteiger charge is 2.46. The first-order chi connectivity index (χ1) is 20.9. The number of carbonyl (C=O) groups is 3. The van der Waals surface area contributed by atoms with Gasteiger partial charge in [0.1, 0.15) is 10.8 Å². The van der Waals surface area contributed by atoms with Crippen LogP contribution in [-0.2, 0) is 29.0 Å². The number of carboxylic acid groups (broad SMARTS) is 1. The van der Waals surface area contributed by atoms with E-state index in [0.29, 0.717) is 49.5 Å². The molecule has 1 aliphatic carbocycles. The topological polar surface area (TPSA) is 109 Å². The van der Waals surface area contributed by atoms with Gasteiger partial charge in [0.2, 0.25) is 5.91 Å². The maximum atomic E-state index is 13.8. The third-order valence-corrected chi connectivity index (χ3v) is 8.91. The molecule has 0 atom stereocenters. The van der Waals surface area contributed by atoms with Crippen molar-refractivity contribution in [3.8, 4) is 5.75 Å². The van der Waals surface area contributed by atoms with Crippen LogP contribution >= 0.6 is 33.9 Å². The molecular weight excluding hydrogens is 717 g/mol. The number of likely N-dealkylation sites (N-methyl/N-ethyl adjacent to an activating group) is 1. The summed E-state index contributed by atoms with van der Waals surface area (Å²) in [5, 5.41) is 12.9. The van der Waals surface area contributed by atoms with Crippen molar-refractivity contribution in [2.24, 2.45) is 5.41 Å². The molecule has 1 aromatic heterocycles. The number of quaternary nitrogens is 1. The lowest BCUT2D eigenvalue weighted by Gasteiger charge is -2.39. The van der Waals surface area contributed by atoms with Crippen LogP contribution in [0.15, 0.2) is 24.3 Å². The van der Waals surface area contributed by atoms with Crippen LogP contribution < -0.4 is 10.1 Å². The first-order valence-electron chi connectivity index (χ1n) is 14.6. The van der Waals surface area contributed by atoms with Gasteiger partial charge in [-0.25, -0.2) is 13.8 Å². The second-order valence-electron chi connectivity index (χ2n) is 13.3. The minimum atomic E-state index is -1.37. The van der Waals surface area contributed by atoms with Gasteiger partial charge in [-0.05, 0) is 42.2 Å². The molecule has 1 fully saturated rings. The van der Waals surface area contributed by atoms with Gasteiger partial charge in [-0.15, -0.1) is 11.3 Å². The average molecular weight is 758 g/mol. The Morgan fingerprint density at radius 2 is 1.64 bits per heavy atom. The number of benzene rings is 2. The van der Waals surface area contributed by atoms with Crippen molar-refractivity contribution in [2.45, 2.75) is 50.0 Å². The van der Waals surface area contributed by atoms with E-state index in [1.807, 2.05) is 4.90 Å². The molecule has 0 bridgehead atoms. The van der Waals surface area contributed by atoms with Crippen molar-refractivity contribution >= 4 is 61.9 Å². The lowest BCUT2D eigenvalue weighted by molar-refractivity contribution is -0.894. The second kappa shape index (κ2) is 13.4. The molecular formula is C32H40F2IN4O5S+. The van der Waals surface area contributed by atoms with Crippen molar-refractivity contribution in [1.82, 2.24) is 15.2 Å². The van der Waals surface area contributed by atoms with Crippen LogP contribution in [0.4, 0.5) is 8.78 Å². The Morgan fingerprint density at radius 3 is 2.16 bits per heavy atom. The molecule has 0 unspecified atom stereocenters. The van der Waals surface area contributed by atoms with Gasteiger partial charge in [0.05, 0.1) is 81.5 Å². The number of ether oxygens (including phenoxy) is 1. The summed E-state index contributed by atoms with van der Waals surface area (Å²) in [6, 6.07) is 5.53. The highest BCUT2D eigenvalue weighted by atomic mass is 127. The van der Waals surface area contributed by atoms with E-state index >= 15 is 0 Å².